The highest BCUT2D eigenvalue weighted by atomic mass is 127. The minimum atomic E-state index is -0.381. The SMILES string of the molecule is CCCNc1nc(C2(C)CCCCO2)nc(COC)c1I. The Hall–Kier alpha value is -0.470. The van der Waals surface area contributed by atoms with E-state index in [9.17, 15) is 0 Å². The van der Waals surface area contributed by atoms with Gasteiger partial charge in [-0.2, -0.15) is 0 Å². The van der Waals surface area contributed by atoms with E-state index in [0.717, 1.165) is 59.7 Å². The average Bonchev–Trinajstić information content (AvgIpc) is 2.49. The lowest BCUT2D eigenvalue weighted by molar-refractivity contribution is -0.0762. The van der Waals surface area contributed by atoms with Crippen molar-refractivity contribution in [1.82, 2.24) is 9.97 Å². The molecule has 1 saturated heterocycles. The first-order valence-electron chi connectivity index (χ1n) is 7.54. The second kappa shape index (κ2) is 7.69. The molecule has 5 nitrogen and oxygen atoms in total. The van der Waals surface area contributed by atoms with Crippen LogP contribution in [0.4, 0.5) is 5.82 Å². The summed E-state index contributed by atoms with van der Waals surface area (Å²) in [5.74, 6) is 1.66. The molecule has 1 unspecified atom stereocenters. The van der Waals surface area contributed by atoms with E-state index in [4.69, 9.17) is 19.4 Å². The maximum absolute atomic E-state index is 5.99. The lowest BCUT2D eigenvalue weighted by Gasteiger charge is -2.33. The fourth-order valence-corrected chi connectivity index (χ4v) is 3.02. The number of nitrogens with zero attached hydrogens (tertiary/aromatic N) is 2. The Labute approximate surface area is 140 Å². The second-order valence-corrected chi connectivity index (χ2v) is 6.63. The van der Waals surface area contributed by atoms with Crippen LogP contribution in [0.15, 0.2) is 0 Å². The van der Waals surface area contributed by atoms with E-state index in [1.165, 1.54) is 0 Å². The number of aromatic nitrogens is 2. The molecule has 118 valence electrons. The molecule has 0 spiro atoms. The van der Waals surface area contributed by atoms with Crippen molar-refractivity contribution in [3.63, 3.8) is 0 Å². The average molecular weight is 405 g/mol. The third-order valence-corrected chi connectivity index (χ3v) is 4.82. The zero-order valence-corrected chi connectivity index (χ0v) is 15.2. The molecule has 0 amide bonds. The molecule has 2 heterocycles. The van der Waals surface area contributed by atoms with Gasteiger partial charge in [0.15, 0.2) is 5.82 Å². The standard InChI is InChI=1S/C15H24IN3O2/c1-4-8-17-13-12(16)11(10-20-3)18-14(19-13)15(2)7-5-6-9-21-15/h4-10H2,1-3H3,(H,17,18,19). The van der Waals surface area contributed by atoms with Crippen molar-refractivity contribution >= 4 is 28.4 Å². The molecule has 1 aromatic heterocycles. The van der Waals surface area contributed by atoms with Crippen LogP contribution in [0.3, 0.4) is 0 Å². The summed E-state index contributed by atoms with van der Waals surface area (Å²) < 4.78 is 12.3. The van der Waals surface area contributed by atoms with Crippen LogP contribution in [0, 0.1) is 3.57 Å². The van der Waals surface area contributed by atoms with Gasteiger partial charge in [-0.1, -0.05) is 6.92 Å². The summed E-state index contributed by atoms with van der Waals surface area (Å²) >= 11 is 2.29. The van der Waals surface area contributed by atoms with Crippen LogP contribution in [-0.2, 0) is 21.7 Å². The van der Waals surface area contributed by atoms with Gasteiger partial charge < -0.3 is 14.8 Å². The van der Waals surface area contributed by atoms with E-state index in [1.54, 1.807) is 7.11 Å². The number of rotatable bonds is 6. The van der Waals surface area contributed by atoms with Gasteiger partial charge in [-0.05, 0) is 55.2 Å². The van der Waals surface area contributed by atoms with E-state index in [-0.39, 0.29) is 5.60 Å². The Kier molecular flexibility index (Phi) is 6.19. The molecule has 0 bridgehead atoms. The van der Waals surface area contributed by atoms with E-state index >= 15 is 0 Å². The van der Waals surface area contributed by atoms with E-state index in [1.807, 2.05) is 0 Å². The van der Waals surface area contributed by atoms with Gasteiger partial charge >= 0.3 is 0 Å². The fraction of sp³-hybridized carbons (Fsp3) is 0.733. The van der Waals surface area contributed by atoms with Gasteiger partial charge in [0.1, 0.15) is 11.4 Å². The number of anilines is 1. The zero-order valence-electron chi connectivity index (χ0n) is 13.0. The first-order chi connectivity index (χ1) is 10.1. The number of nitrogens with one attached hydrogen (secondary N) is 1. The minimum absolute atomic E-state index is 0.381. The predicted octanol–water partition coefficient (Wildman–Crippen LogP) is 3.47. The van der Waals surface area contributed by atoms with Gasteiger partial charge in [0, 0.05) is 20.3 Å². The van der Waals surface area contributed by atoms with Crippen LogP contribution in [0.25, 0.3) is 0 Å². The monoisotopic (exact) mass is 405 g/mol. The van der Waals surface area contributed by atoms with Gasteiger partial charge in [0.05, 0.1) is 15.9 Å². The van der Waals surface area contributed by atoms with Crippen molar-refractivity contribution in [2.75, 3.05) is 25.6 Å². The molecule has 1 fully saturated rings. The Morgan fingerprint density at radius 2 is 2.19 bits per heavy atom. The van der Waals surface area contributed by atoms with Crippen LogP contribution in [-0.4, -0.2) is 30.2 Å². The molecule has 0 aliphatic carbocycles. The minimum Gasteiger partial charge on any atom is -0.378 e. The van der Waals surface area contributed by atoms with Crippen LogP contribution in [0.2, 0.25) is 0 Å². The molecule has 1 aliphatic rings. The Morgan fingerprint density at radius 1 is 1.38 bits per heavy atom. The largest absolute Gasteiger partial charge is 0.378 e. The van der Waals surface area contributed by atoms with Gasteiger partial charge in [0.25, 0.3) is 0 Å². The molecular formula is C15H24IN3O2. The topological polar surface area (TPSA) is 56.3 Å². The quantitative estimate of drug-likeness (QED) is 0.735. The number of ether oxygens (including phenoxy) is 2. The Bertz CT molecular complexity index is 476. The number of halogens is 1. The van der Waals surface area contributed by atoms with Crippen LogP contribution >= 0.6 is 22.6 Å². The summed E-state index contributed by atoms with van der Waals surface area (Å²) in [5, 5.41) is 3.39. The zero-order chi connectivity index (χ0) is 15.3. The van der Waals surface area contributed by atoms with Gasteiger partial charge in [-0.25, -0.2) is 9.97 Å². The molecule has 2 rings (SSSR count). The van der Waals surface area contributed by atoms with Gasteiger partial charge in [0.2, 0.25) is 0 Å². The maximum atomic E-state index is 5.99. The van der Waals surface area contributed by atoms with Crippen molar-refractivity contribution < 1.29 is 9.47 Å². The van der Waals surface area contributed by atoms with Crippen molar-refractivity contribution in [2.45, 2.75) is 51.7 Å². The lowest BCUT2D eigenvalue weighted by atomic mass is 9.95. The molecule has 0 aromatic carbocycles. The molecule has 0 radical (unpaired) electrons. The highest BCUT2D eigenvalue weighted by Gasteiger charge is 2.34. The molecule has 1 atom stereocenters. The van der Waals surface area contributed by atoms with E-state index in [0.29, 0.717) is 6.61 Å². The molecule has 0 saturated carbocycles. The summed E-state index contributed by atoms with van der Waals surface area (Å²) in [6, 6.07) is 0. The summed E-state index contributed by atoms with van der Waals surface area (Å²) in [6.45, 7) is 6.41. The van der Waals surface area contributed by atoms with Gasteiger partial charge in [-0.3, -0.25) is 0 Å². The fourth-order valence-electron chi connectivity index (χ4n) is 2.43. The highest BCUT2D eigenvalue weighted by molar-refractivity contribution is 14.1. The van der Waals surface area contributed by atoms with Crippen molar-refractivity contribution in [1.29, 1.82) is 0 Å². The molecule has 6 heteroatoms. The lowest BCUT2D eigenvalue weighted by Crippen LogP contribution is -2.33. The Morgan fingerprint density at radius 3 is 2.81 bits per heavy atom. The van der Waals surface area contributed by atoms with Crippen molar-refractivity contribution in [2.24, 2.45) is 0 Å². The summed E-state index contributed by atoms with van der Waals surface area (Å²) in [6.07, 6.45) is 4.30. The van der Waals surface area contributed by atoms with E-state index < -0.39 is 0 Å². The summed E-state index contributed by atoms with van der Waals surface area (Å²) in [4.78, 5) is 9.46. The van der Waals surface area contributed by atoms with Gasteiger partial charge in [-0.15, -0.1) is 0 Å². The van der Waals surface area contributed by atoms with Crippen LogP contribution in [0.1, 0.15) is 51.0 Å². The molecule has 1 aromatic rings. The number of hydrogen-bond acceptors (Lipinski definition) is 5. The highest BCUT2D eigenvalue weighted by Crippen LogP contribution is 2.34. The Balaban J connectivity index is 2.37. The van der Waals surface area contributed by atoms with Crippen molar-refractivity contribution in [3.05, 3.63) is 15.1 Å². The van der Waals surface area contributed by atoms with Crippen LogP contribution < -0.4 is 5.32 Å². The van der Waals surface area contributed by atoms with E-state index in [2.05, 4.69) is 41.8 Å². The number of methoxy groups -OCH3 is 1. The third-order valence-electron chi connectivity index (χ3n) is 3.69. The second-order valence-electron chi connectivity index (χ2n) is 5.55. The first-order valence-corrected chi connectivity index (χ1v) is 8.62. The smallest absolute Gasteiger partial charge is 0.162 e. The van der Waals surface area contributed by atoms with Crippen molar-refractivity contribution in [3.8, 4) is 0 Å². The summed E-state index contributed by atoms with van der Waals surface area (Å²) in [7, 11) is 1.69. The van der Waals surface area contributed by atoms with Crippen LogP contribution in [0.5, 0.6) is 0 Å². The molecule has 21 heavy (non-hydrogen) atoms. The molecular weight excluding hydrogens is 381 g/mol. The predicted molar refractivity (Wildman–Crippen MR) is 91.4 cm³/mol. The maximum Gasteiger partial charge on any atom is 0.162 e. The number of hydrogen-bond donors (Lipinski definition) is 1. The normalized spacial score (nSPS) is 22.3. The summed E-state index contributed by atoms with van der Waals surface area (Å²) in [5.41, 5.74) is 0.547. The molecule has 1 aliphatic heterocycles. The third kappa shape index (κ3) is 4.04. The first kappa shape index (κ1) is 16.9. The molecule has 1 N–H and O–H groups in total.